The van der Waals surface area contributed by atoms with Crippen molar-refractivity contribution in [3.05, 3.63) is 16.1 Å². The number of likely N-dealkylation sites (tertiary alicyclic amines) is 1. The van der Waals surface area contributed by atoms with Crippen LogP contribution in [0.1, 0.15) is 55.6 Å². The van der Waals surface area contributed by atoms with E-state index in [1.807, 2.05) is 11.3 Å². The summed E-state index contributed by atoms with van der Waals surface area (Å²) in [4.78, 5) is 7.36. The van der Waals surface area contributed by atoms with Gasteiger partial charge in [0.25, 0.3) is 0 Å². The number of thiazole rings is 1. The van der Waals surface area contributed by atoms with Gasteiger partial charge in [-0.3, -0.25) is 4.90 Å². The van der Waals surface area contributed by atoms with Gasteiger partial charge in [-0.15, -0.1) is 11.3 Å². The Hall–Kier alpha value is -0.450. The predicted octanol–water partition coefficient (Wildman–Crippen LogP) is 3.16. The number of hydrogen-bond acceptors (Lipinski definition) is 4. The molecule has 3 rings (SSSR count). The van der Waals surface area contributed by atoms with Gasteiger partial charge in [0.15, 0.2) is 0 Å². The van der Waals surface area contributed by atoms with Crippen molar-refractivity contribution in [3.63, 3.8) is 0 Å². The van der Waals surface area contributed by atoms with Crippen molar-refractivity contribution in [2.75, 3.05) is 13.1 Å². The Bertz CT molecular complexity index is 378. The molecule has 1 N–H and O–H groups in total. The Morgan fingerprint density at radius 1 is 1.16 bits per heavy atom. The van der Waals surface area contributed by atoms with E-state index in [0.717, 1.165) is 19.1 Å². The fourth-order valence-corrected chi connectivity index (χ4v) is 3.46. The van der Waals surface area contributed by atoms with E-state index < -0.39 is 0 Å². The molecule has 1 aliphatic heterocycles. The van der Waals surface area contributed by atoms with Gasteiger partial charge in [0, 0.05) is 24.5 Å². The highest BCUT2D eigenvalue weighted by atomic mass is 32.1. The summed E-state index contributed by atoms with van der Waals surface area (Å²) in [5, 5.41) is 7.05. The maximum Gasteiger partial charge on any atom is 0.107 e. The number of nitrogens with zero attached hydrogens (tertiary/aromatic N) is 2. The molecule has 1 aromatic rings. The van der Waals surface area contributed by atoms with Crippen LogP contribution in [0.4, 0.5) is 0 Å². The van der Waals surface area contributed by atoms with Crippen LogP contribution >= 0.6 is 11.3 Å². The smallest absolute Gasteiger partial charge is 0.107 e. The van der Waals surface area contributed by atoms with Crippen molar-refractivity contribution in [3.8, 4) is 0 Å². The SMILES string of the molecule is c1sc(CNC2CC2)nc1CN1CCCCCCC1. The first-order valence-electron chi connectivity index (χ1n) is 7.79. The molecule has 0 spiro atoms. The van der Waals surface area contributed by atoms with Gasteiger partial charge in [-0.1, -0.05) is 19.3 Å². The fraction of sp³-hybridized carbons (Fsp3) is 0.800. The van der Waals surface area contributed by atoms with Crippen molar-refractivity contribution in [1.29, 1.82) is 0 Å². The molecular weight excluding hydrogens is 254 g/mol. The van der Waals surface area contributed by atoms with E-state index in [-0.39, 0.29) is 0 Å². The van der Waals surface area contributed by atoms with E-state index in [9.17, 15) is 0 Å². The van der Waals surface area contributed by atoms with Crippen LogP contribution < -0.4 is 5.32 Å². The Morgan fingerprint density at radius 3 is 2.63 bits per heavy atom. The molecule has 19 heavy (non-hydrogen) atoms. The van der Waals surface area contributed by atoms with Crippen LogP contribution in [-0.2, 0) is 13.1 Å². The van der Waals surface area contributed by atoms with E-state index in [4.69, 9.17) is 4.98 Å². The largest absolute Gasteiger partial charge is 0.308 e. The molecule has 0 bridgehead atoms. The second kappa shape index (κ2) is 6.82. The molecule has 0 atom stereocenters. The van der Waals surface area contributed by atoms with Gasteiger partial charge in [0.1, 0.15) is 5.01 Å². The molecule has 0 unspecified atom stereocenters. The van der Waals surface area contributed by atoms with Crippen LogP contribution in [0.5, 0.6) is 0 Å². The maximum atomic E-state index is 4.77. The average molecular weight is 279 g/mol. The Balaban J connectivity index is 1.47. The normalized spacial score (nSPS) is 22.1. The van der Waals surface area contributed by atoms with Gasteiger partial charge >= 0.3 is 0 Å². The van der Waals surface area contributed by atoms with E-state index in [2.05, 4.69) is 15.6 Å². The molecule has 4 heteroatoms. The second-order valence-electron chi connectivity index (χ2n) is 5.93. The van der Waals surface area contributed by atoms with Crippen LogP contribution in [0.15, 0.2) is 5.38 Å². The molecule has 1 saturated heterocycles. The highest BCUT2D eigenvalue weighted by Gasteiger charge is 2.20. The van der Waals surface area contributed by atoms with Crippen molar-refractivity contribution < 1.29 is 0 Å². The quantitative estimate of drug-likeness (QED) is 0.897. The summed E-state index contributed by atoms with van der Waals surface area (Å²) >= 11 is 1.82. The molecule has 1 saturated carbocycles. The van der Waals surface area contributed by atoms with Gasteiger partial charge in [0.05, 0.1) is 5.69 Å². The number of hydrogen-bond donors (Lipinski definition) is 1. The highest BCUT2D eigenvalue weighted by molar-refractivity contribution is 7.09. The zero-order valence-electron chi connectivity index (χ0n) is 11.7. The molecule has 2 aliphatic rings. The number of aromatic nitrogens is 1. The third kappa shape index (κ3) is 4.55. The van der Waals surface area contributed by atoms with E-state index in [1.54, 1.807) is 0 Å². The predicted molar refractivity (Wildman–Crippen MR) is 80.3 cm³/mol. The van der Waals surface area contributed by atoms with Gasteiger partial charge in [0.2, 0.25) is 0 Å². The molecule has 1 aromatic heterocycles. The Morgan fingerprint density at radius 2 is 1.89 bits per heavy atom. The summed E-state index contributed by atoms with van der Waals surface area (Å²) in [6.45, 7) is 4.54. The first kappa shape index (κ1) is 13.5. The third-order valence-electron chi connectivity index (χ3n) is 4.05. The first-order valence-corrected chi connectivity index (χ1v) is 8.67. The van der Waals surface area contributed by atoms with Crippen molar-refractivity contribution >= 4 is 11.3 Å². The van der Waals surface area contributed by atoms with E-state index in [0.29, 0.717) is 0 Å². The lowest BCUT2D eigenvalue weighted by atomic mass is 10.1. The number of nitrogens with one attached hydrogen (secondary N) is 1. The minimum atomic E-state index is 0.779. The summed E-state index contributed by atoms with van der Waals surface area (Å²) in [6.07, 6.45) is 9.67. The van der Waals surface area contributed by atoms with Crippen LogP contribution in [0.25, 0.3) is 0 Å². The summed E-state index contributed by atoms with van der Waals surface area (Å²) in [5.41, 5.74) is 1.28. The Labute approximate surface area is 120 Å². The molecule has 1 aliphatic carbocycles. The third-order valence-corrected chi connectivity index (χ3v) is 4.95. The van der Waals surface area contributed by atoms with Crippen molar-refractivity contribution in [2.45, 2.75) is 64.1 Å². The Kier molecular flexibility index (Phi) is 4.86. The van der Waals surface area contributed by atoms with Gasteiger partial charge < -0.3 is 5.32 Å². The zero-order chi connectivity index (χ0) is 12.9. The number of rotatable bonds is 5. The van der Waals surface area contributed by atoms with Crippen LogP contribution in [0.3, 0.4) is 0 Å². The van der Waals surface area contributed by atoms with Gasteiger partial charge in [-0.2, -0.15) is 0 Å². The molecule has 0 aromatic carbocycles. The summed E-state index contributed by atoms with van der Waals surface area (Å²) < 4.78 is 0. The van der Waals surface area contributed by atoms with Crippen molar-refractivity contribution in [1.82, 2.24) is 15.2 Å². The lowest BCUT2D eigenvalue weighted by Gasteiger charge is -2.23. The second-order valence-corrected chi connectivity index (χ2v) is 6.87. The van der Waals surface area contributed by atoms with E-state index >= 15 is 0 Å². The molecule has 3 nitrogen and oxygen atoms in total. The lowest BCUT2D eigenvalue weighted by molar-refractivity contribution is 0.237. The molecule has 106 valence electrons. The average Bonchev–Trinajstić information content (AvgIpc) is 3.10. The molecule has 2 fully saturated rings. The minimum absolute atomic E-state index is 0.779. The molecular formula is C15H25N3S. The fourth-order valence-electron chi connectivity index (χ4n) is 2.72. The zero-order valence-corrected chi connectivity index (χ0v) is 12.6. The maximum absolute atomic E-state index is 4.77. The van der Waals surface area contributed by atoms with Crippen molar-refractivity contribution in [2.24, 2.45) is 0 Å². The topological polar surface area (TPSA) is 28.2 Å². The lowest BCUT2D eigenvalue weighted by Crippen LogP contribution is -2.27. The van der Waals surface area contributed by atoms with Crippen LogP contribution in [-0.4, -0.2) is 29.0 Å². The first-order chi connectivity index (χ1) is 9.40. The summed E-state index contributed by atoms with van der Waals surface area (Å²) in [5.74, 6) is 0. The van der Waals surface area contributed by atoms with E-state index in [1.165, 1.54) is 68.7 Å². The monoisotopic (exact) mass is 279 g/mol. The minimum Gasteiger partial charge on any atom is -0.308 e. The van der Waals surface area contributed by atoms with Crippen LogP contribution in [0, 0.1) is 0 Å². The summed E-state index contributed by atoms with van der Waals surface area (Å²) in [6, 6.07) is 0.779. The summed E-state index contributed by atoms with van der Waals surface area (Å²) in [7, 11) is 0. The molecule has 0 amide bonds. The molecule has 0 radical (unpaired) electrons. The van der Waals surface area contributed by atoms with Gasteiger partial charge in [-0.25, -0.2) is 4.98 Å². The van der Waals surface area contributed by atoms with Crippen LogP contribution in [0.2, 0.25) is 0 Å². The standard InChI is InChI=1S/C15H25N3S/c1-2-4-8-18(9-5-3-1)11-14-12-19-15(17-14)10-16-13-6-7-13/h12-13,16H,1-11H2. The molecule has 2 heterocycles. The van der Waals surface area contributed by atoms with Gasteiger partial charge in [-0.05, 0) is 38.8 Å². The highest BCUT2D eigenvalue weighted by Crippen LogP contribution is 2.20.